The lowest BCUT2D eigenvalue weighted by Gasteiger charge is -2.26. The molecular formula is C28H56I2O3. The lowest BCUT2D eigenvalue weighted by molar-refractivity contribution is -0.250. The Kier molecular flexibility index (Phi) is 27.5. The van der Waals surface area contributed by atoms with Crippen LogP contribution in [-0.4, -0.2) is 33.6 Å². The van der Waals surface area contributed by atoms with E-state index in [1.54, 1.807) is 0 Å². The van der Waals surface area contributed by atoms with Gasteiger partial charge in [0, 0.05) is 21.1 Å². The van der Waals surface area contributed by atoms with Crippen molar-refractivity contribution in [1.82, 2.24) is 0 Å². The monoisotopic (exact) mass is 694 g/mol. The molecular weight excluding hydrogens is 638 g/mol. The standard InChI is InChI=1S/C28H56I2O3/c1-5-7-9-11-13-15-23-31-27(21-17-19-25(3)29)33-28(22-18-20-26(4)30)32-24-16-14-12-10-8-6-2/h25-28H,5-24H2,1-4H3. The van der Waals surface area contributed by atoms with Gasteiger partial charge >= 0.3 is 0 Å². The Balaban J connectivity index is 4.52. The van der Waals surface area contributed by atoms with E-state index >= 15 is 0 Å². The number of ether oxygens (including phenoxy) is 3. The number of unbranched alkanes of at least 4 members (excludes halogenated alkanes) is 10. The fourth-order valence-electron chi connectivity index (χ4n) is 3.88. The minimum Gasteiger partial charge on any atom is -0.353 e. The van der Waals surface area contributed by atoms with Crippen LogP contribution in [0.5, 0.6) is 0 Å². The predicted octanol–water partition coefficient (Wildman–Crippen LogP) is 10.4. The van der Waals surface area contributed by atoms with Gasteiger partial charge in [-0.2, -0.15) is 0 Å². The van der Waals surface area contributed by atoms with Crippen LogP contribution < -0.4 is 0 Å². The molecule has 0 N–H and O–H groups in total. The molecule has 0 aliphatic rings. The molecule has 4 unspecified atom stereocenters. The van der Waals surface area contributed by atoms with Crippen molar-refractivity contribution in [1.29, 1.82) is 0 Å². The zero-order valence-corrected chi connectivity index (χ0v) is 26.7. The summed E-state index contributed by atoms with van der Waals surface area (Å²) < 4.78 is 20.4. The van der Waals surface area contributed by atoms with Gasteiger partial charge in [0.15, 0.2) is 12.6 Å². The zero-order chi connectivity index (χ0) is 24.6. The summed E-state index contributed by atoms with van der Waals surface area (Å²) in [4.78, 5) is 0. The molecule has 33 heavy (non-hydrogen) atoms. The van der Waals surface area contributed by atoms with E-state index in [4.69, 9.17) is 14.2 Å². The second-order valence-electron chi connectivity index (χ2n) is 9.70. The third-order valence-corrected chi connectivity index (χ3v) is 7.24. The average Bonchev–Trinajstić information content (AvgIpc) is 2.76. The highest BCUT2D eigenvalue weighted by molar-refractivity contribution is 14.1. The van der Waals surface area contributed by atoms with Crippen LogP contribution in [0.4, 0.5) is 0 Å². The fraction of sp³-hybridized carbons (Fsp3) is 1.00. The molecule has 0 saturated heterocycles. The van der Waals surface area contributed by atoms with Crippen molar-refractivity contribution in [3.05, 3.63) is 0 Å². The summed E-state index contributed by atoms with van der Waals surface area (Å²) in [6.07, 6.45) is 21.9. The number of rotatable bonds is 26. The maximum atomic E-state index is 6.46. The van der Waals surface area contributed by atoms with Crippen LogP contribution >= 0.6 is 45.2 Å². The average molecular weight is 695 g/mol. The molecule has 0 radical (unpaired) electrons. The molecule has 0 aromatic rings. The van der Waals surface area contributed by atoms with Gasteiger partial charge < -0.3 is 14.2 Å². The van der Waals surface area contributed by atoms with Crippen molar-refractivity contribution in [2.75, 3.05) is 13.2 Å². The van der Waals surface area contributed by atoms with Crippen LogP contribution in [0, 0.1) is 0 Å². The molecule has 5 heteroatoms. The van der Waals surface area contributed by atoms with Crippen molar-refractivity contribution in [3.63, 3.8) is 0 Å². The molecule has 0 bridgehead atoms. The Bertz CT molecular complexity index is 346. The van der Waals surface area contributed by atoms with Gasteiger partial charge in [0.1, 0.15) is 0 Å². The molecule has 0 heterocycles. The first-order valence-corrected chi connectivity index (χ1v) is 16.6. The highest BCUT2D eigenvalue weighted by Crippen LogP contribution is 2.20. The molecule has 200 valence electrons. The van der Waals surface area contributed by atoms with Crippen molar-refractivity contribution >= 4 is 45.2 Å². The molecule has 0 spiro atoms. The maximum absolute atomic E-state index is 6.46. The van der Waals surface area contributed by atoms with Crippen molar-refractivity contribution in [2.45, 2.75) is 164 Å². The first-order chi connectivity index (χ1) is 16.0. The molecule has 0 aliphatic heterocycles. The van der Waals surface area contributed by atoms with E-state index in [0.717, 1.165) is 51.7 Å². The van der Waals surface area contributed by atoms with Gasteiger partial charge in [0.2, 0.25) is 0 Å². The van der Waals surface area contributed by atoms with Gasteiger partial charge in [-0.3, -0.25) is 0 Å². The summed E-state index contributed by atoms with van der Waals surface area (Å²) in [5.74, 6) is 0. The zero-order valence-electron chi connectivity index (χ0n) is 22.4. The summed E-state index contributed by atoms with van der Waals surface area (Å²) in [5, 5.41) is 0. The highest BCUT2D eigenvalue weighted by Gasteiger charge is 2.18. The molecule has 0 rings (SSSR count). The van der Waals surface area contributed by atoms with E-state index in [2.05, 4.69) is 72.9 Å². The van der Waals surface area contributed by atoms with Crippen LogP contribution in [0.3, 0.4) is 0 Å². The van der Waals surface area contributed by atoms with Crippen LogP contribution in [0.15, 0.2) is 0 Å². The summed E-state index contributed by atoms with van der Waals surface area (Å²) in [5.41, 5.74) is 0. The number of hydrogen-bond donors (Lipinski definition) is 0. The Morgan fingerprint density at radius 3 is 1.21 bits per heavy atom. The minimum absolute atomic E-state index is 0.123. The van der Waals surface area contributed by atoms with Crippen molar-refractivity contribution in [2.24, 2.45) is 0 Å². The SMILES string of the molecule is CCCCCCCCOC(CCCC(C)I)OC(CCCC(C)I)OCCCCCCCC. The van der Waals surface area contributed by atoms with Gasteiger partial charge in [0.05, 0.1) is 0 Å². The molecule has 0 aromatic carbocycles. The van der Waals surface area contributed by atoms with Gasteiger partial charge in [-0.05, 0) is 51.4 Å². The Morgan fingerprint density at radius 2 is 0.848 bits per heavy atom. The van der Waals surface area contributed by atoms with Crippen LogP contribution in [0.25, 0.3) is 0 Å². The predicted molar refractivity (Wildman–Crippen MR) is 162 cm³/mol. The van der Waals surface area contributed by atoms with Crippen molar-refractivity contribution in [3.8, 4) is 0 Å². The van der Waals surface area contributed by atoms with Gasteiger partial charge in [-0.1, -0.05) is 137 Å². The smallest absolute Gasteiger partial charge is 0.160 e. The lowest BCUT2D eigenvalue weighted by Crippen LogP contribution is -2.28. The third-order valence-electron chi connectivity index (χ3n) is 5.99. The highest BCUT2D eigenvalue weighted by atomic mass is 127. The molecule has 4 atom stereocenters. The summed E-state index contributed by atoms with van der Waals surface area (Å²) in [6, 6.07) is 0. The van der Waals surface area contributed by atoms with Gasteiger partial charge in [-0.15, -0.1) is 0 Å². The summed E-state index contributed by atoms with van der Waals surface area (Å²) in [6.45, 7) is 10.7. The maximum Gasteiger partial charge on any atom is 0.160 e. The lowest BCUT2D eigenvalue weighted by atomic mass is 10.1. The largest absolute Gasteiger partial charge is 0.353 e. The number of alkyl halides is 2. The molecule has 0 fully saturated rings. The number of halogens is 2. The van der Waals surface area contributed by atoms with Gasteiger partial charge in [-0.25, -0.2) is 0 Å². The third kappa shape index (κ3) is 26.2. The van der Waals surface area contributed by atoms with Crippen LogP contribution in [-0.2, 0) is 14.2 Å². The first kappa shape index (κ1) is 34.3. The van der Waals surface area contributed by atoms with Gasteiger partial charge in [0.25, 0.3) is 0 Å². The second kappa shape index (κ2) is 26.4. The summed E-state index contributed by atoms with van der Waals surface area (Å²) in [7, 11) is 0. The molecule has 0 saturated carbocycles. The van der Waals surface area contributed by atoms with E-state index in [1.165, 1.54) is 77.0 Å². The molecule has 0 amide bonds. The van der Waals surface area contributed by atoms with E-state index < -0.39 is 0 Å². The normalized spacial score (nSPS) is 15.5. The minimum atomic E-state index is -0.123. The van der Waals surface area contributed by atoms with Crippen LogP contribution in [0.2, 0.25) is 0 Å². The molecule has 0 aromatic heterocycles. The van der Waals surface area contributed by atoms with E-state index in [1.807, 2.05) is 0 Å². The van der Waals surface area contributed by atoms with E-state index in [9.17, 15) is 0 Å². The number of hydrogen-bond acceptors (Lipinski definition) is 3. The van der Waals surface area contributed by atoms with Crippen LogP contribution in [0.1, 0.15) is 143 Å². The fourth-order valence-corrected chi connectivity index (χ4v) is 4.76. The van der Waals surface area contributed by atoms with E-state index in [0.29, 0.717) is 7.85 Å². The second-order valence-corrected chi connectivity index (χ2v) is 13.9. The topological polar surface area (TPSA) is 27.7 Å². The Morgan fingerprint density at radius 1 is 0.485 bits per heavy atom. The van der Waals surface area contributed by atoms with Crippen molar-refractivity contribution < 1.29 is 14.2 Å². The molecule has 3 nitrogen and oxygen atoms in total. The Hall–Kier alpha value is 1.34. The van der Waals surface area contributed by atoms with E-state index in [-0.39, 0.29) is 12.6 Å². The first-order valence-electron chi connectivity index (χ1n) is 14.2. The quantitative estimate of drug-likeness (QED) is 0.0391. The molecule has 0 aliphatic carbocycles. The summed E-state index contributed by atoms with van der Waals surface area (Å²) >= 11 is 5.03. The Labute approximate surface area is 234 Å².